The van der Waals surface area contributed by atoms with Crippen molar-refractivity contribution in [1.29, 1.82) is 0 Å². The predicted molar refractivity (Wildman–Crippen MR) is 113 cm³/mol. The summed E-state index contributed by atoms with van der Waals surface area (Å²) >= 11 is 6.02. The molecule has 0 N–H and O–H groups in total. The Morgan fingerprint density at radius 2 is 1.66 bits per heavy atom. The molecule has 0 aromatic heterocycles. The van der Waals surface area contributed by atoms with Crippen LogP contribution < -0.4 is 9.80 Å². The number of rotatable bonds is 4. The van der Waals surface area contributed by atoms with Crippen molar-refractivity contribution >= 4 is 40.6 Å². The van der Waals surface area contributed by atoms with Crippen molar-refractivity contribution < 1.29 is 14.4 Å². The van der Waals surface area contributed by atoms with E-state index in [2.05, 4.69) is 9.80 Å². The summed E-state index contributed by atoms with van der Waals surface area (Å²) in [4.78, 5) is 42.5. The second-order valence-corrected chi connectivity index (χ2v) is 7.83. The van der Waals surface area contributed by atoms with Crippen LogP contribution in [-0.2, 0) is 9.59 Å². The molecule has 2 aliphatic rings. The Labute approximate surface area is 174 Å². The standard InChI is InChI=1S/C22H22ClN3O3/c1-15(27)16-5-7-18(8-6-16)24-9-11-25(12-10-24)20-14-21(28)26(22(20)29)19-4-2-3-17(23)13-19/h2-8,13,20H,9-12,14H2,1H3/t20-/m1/s1. The van der Waals surface area contributed by atoms with Crippen LogP contribution in [0.2, 0.25) is 5.02 Å². The zero-order valence-electron chi connectivity index (χ0n) is 16.2. The molecule has 0 aliphatic carbocycles. The van der Waals surface area contributed by atoms with Gasteiger partial charge in [0.25, 0.3) is 5.91 Å². The van der Waals surface area contributed by atoms with Crippen molar-refractivity contribution in [3.8, 4) is 0 Å². The normalized spacial score (nSPS) is 20.4. The first-order valence-electron chi connectivity index (χ1n) is 9.66. The molecule has 2 saturated heterocycles. The van der Waals surface area contributed by atoms with Crippen molar-refractivity contribution in [2.75, 3.05) is 36.0 Å². The number of amides is 2. The van der Waals surface area contributed by atoms with Gasteiger partial charge in [-0.2, -0.15) is 0 Å². The molecular weight excluding hydrogens is 390 g/mol. The molecule has 6 nitrogen and oxygen atoms in total. The number of anilines is 2. The highest BCUT2D eigenvalue weighted by Gasteiger charge is 2.43. The number of ketones is 1. The number of hydrogen-bond donors (Lipinski definition) is 0. The molecule has 2 fully saturated rings. The van der Waals surface area contributed by atoms with Crippen LogP contribution in [0, 0.1) is 0 Å². The number of Topliss-reactive ketones (excluding diaryl/α,β-unsaturated/α-hetero) is 1. The summed E-state index contributed by atoms with van der Waals surface area (Å²) in [6.07, 6.45) is 0.193. The molecule has 150 valence electrons. The molecule has 0 saturated carbocycles. The van der Waals surface area contributed by atoms with E-state index in [0.29, 0.717) is 29.4 Å². The molecule has 29 heavy (non-hydrogen) atoms. The maximum absolute atomic E-state index is 13.0. The summed E-state index contributed by atoms with van der Waals surface area (Å²) in [5.41, 5.74) is 2.28. The fourth-order valence-electron chi connectivity index (χ4n) is 3.99. The largest absolute Gasteiger partial charge is 0.369 e. The lowest BCUT2D eigenvalue weighted by molar-refractivity contribution is -0.123. The van der Waals surface area contributed by atoms with Gasteiger partial charge in [-0.25, -0.2) is 4.90 Å². The average Bonchev–Trinajstić information content (AvgIpc) is 3.02. The van der Waals surface area contributed by atoms with Gasteiger partial charge in [0.05, 0.1) is 18.2 Å². The van der Waals surface area contributed by atoms with E-state index in [-0.39, 0.29) is 24.0 Å². The van der Waals surface area contributed by atoms with Gasteiger partial charge in [0.15, 0.2) is 5.78 Å². The summed E-state index contributed by atoms with van der Waals surface area (Å²) < 4.78 is 0. The lowest BCUT2D eigenvalue weighted by Gasteiger charge is -2.38. The van der Waals surface area contributed by atoms with E-state index >= 15 is 0 Å². The van der Waals surface area contributed by atoms with Crippen LogP contribution >= 0.6 is 11.6 Å². The fraction of sp³-hybridized carbons (Fsp3) is 0.318. The molecular formula is C22H22ClN3O3. The van der Waals surface area contributed by atoms with Gasteiger partial charge >= 0.3 is 0 Å². The highest BCUT2D eigenvalue weighted by molar-refractivity contribution is 6.31. The quantitative estimate of drug-likeness (QED) is 0.571. The number of carbonyl (C=O) groups is 3. The van der Waals surface area contributed by atoms with E-state index in [4.69, 9.17) is 11.6 Å². The lowest BCUT2D eigenvalue weighted by Crippen LogP contribution is -2.52. The smallest absolute Gasteiger partial charge is 0.251 e. The van der Waals surface area contributed by atoms with Crippen LogP contribution in [0.1, 0.15) is 23.7 Å². The second-order valence-electron chi connectivity index (χ2n) is 7.39. The van der Waals surface area contributed by atoms with Crippen LogP contribution in [-0.4, -0.2) is 54.7 Å². The Morgan fingerprint density at radius 1 is 0.966 bits per heavy atom. The Morgan fingerprint density at radius 3 is 2.28 bits per heavy atom. The van der Waals surface area contributed by atoms with Crippen LogP contribution in [0.15, 0.2) is 48.5 Å². The number of imide groups is 1. The predicted octanol–water partition coefficient (Wildman–Crippen LogP) is 3.00. The number of carbonyl (C=O) groups excluding carboxylic acids is 3. The Bertz CT molecular complexity index is 952. The highest BCUT2D eigenvalue weighted by Crippen LogP contribution is 2.28. The number of piperazine rings is 1. The summed E-state index contributed by atoms with van der Waals surface area (Å²) in [5.74, 6) is -0.323. The van der Waals surface area contributed by atoms with Gasteiger partial charge in [-0.1, -0.05) is 17.7 Å². The first-order valence-corrected chi connectivity index (χ1v) is 10.0. The van der Waals surface area contributed by atoms with Gasteiger partial charge < -0.3 is 4.90 Å². The minimum absolute atomic E-state index is 0.0510. The molecule has 1 atom stereocenters. The third-order valence-corrected chi connectivity index (χ3v) is 5.82. The number of hydrogen-bond acceptors (Lipinski definition) is 5. The molecule has 2 amide bonds. The number of nitrogens with zero attached hydrogens (tertiary/aromatic N) is 3. The first-order chi connectivity index (χ1) is 13.9. The fourth-order valence-corrected chi connectivity index (χ4v) is 4.17. The molecule has 0 unspecified atom stereocenters. The van der Waals surface area contributed by atoms with Crippen LogP contribution in [0.3, 0.4) is 0 Å². The molecule has 7 heteroatoms. The maximum atomic E-state index is 13.0. The Balaban J connectivity index is 1.41. The molecule has 2 aromatic rings. The van der Waals surface area contributed by atoms with Crippen molar-refractivity contribution in [1.82, 2.24) is 4.90 Å². The van der Waals surface area contributed by atoms with Crippen molar-refractivity contribution in [3.05, 3.63) is 59.1 Å². The SMILES string of the molecule is CC(=O)c1ccc(N2CCN([C@@H]3CC(=O)N(c4cccc(Cl)c4)C3=O)CC2)cc1. The molecule has 2 aliphatic heterocycles. The summed E-state index contributed by atoms with van der Waals surface area (Å²) in [6, 6.07) is 14.0. The Kier molecular flexibility index (Phi) is 5.39. The Hall–Kier alpha value is -2.70. The number of halogens is 1. The minimum atomic E-state index is -0.427. The molecule has 2 heterocycles. The summed E-state index contributed by atoms with van der Waals surface area (Å²) in [7, 11) is 0. The van der Waals surface area contributed by atoms with E-state index in [1.54, 1.807) is 31.2 Å². The summed E-state index contributed by atoms with van der Waals surface area (Å²) in [6.45, 7) is 4.46. The molecule has 0 spiro atoms. The van der Waals surface area contributed by atoms with Crippen LogP contribution in [0.25, 0.3) is 0 Å². The maximum Gasteiger partial charge on any atom is 0.251 e. The van der Waals surface area contributed by atoms with Gasteiger partial charge in [-0.3, -0.25) is 19.3 Å². The van der Waals surface area contributed by atoms with Gasteiger partial charge in [0.2, 0.25) is 5.91 Å². The summed E-state index contributed by atoms with van der Waals surface area (Å²) in [5, 5.41) is 0.496. The zero-order chi connectivity index (χ0) is 20.5. The molecule has 2 aromatic carbocycles. The van der Waals surface area contributed by atoms with Gasteiger partial charge in [-0.05, 0) is 49.4 Å². The minimum Gasteiger partial charge on any atom is -0.369 e. The van der Waals surface area contributed by atoms with Gasteiger partial charge in [0, 0.05) is 42.5 Å². The molecule has 4 rings (SSSR count). The molecule has 0 radical (unpaired) electrons. The van der Waals surface area contributed by atoms with Crippen molar-refractivity contribution in [2.45, 2.75) is 19.4 Å². The second kappa shape index (κ2) is 7.97. The van der Waals surface area contributed by atoms with E-state index in [1.165, 1.54) is 4.90 Å². The van der Waals surface area contributed by atoms with Gasteiger partial charge in [-0.15, -0.1) is 0 Å². The van der Waals surface area contributed by atoms with Crippen molar-refractivity contribution in [2.24, 2.45) is 0 Å². The third-order valence-electron chi connectivity index (χ3n) is 5.58. The first kappa shape index (κ1) is 19.6. The van der Waals surface area contributed by atoms with Crippen molar-refractivity contribution in [3.63, 3.8) is 0 Å². The topological polar surface area (TPSA) is 60.9 Å². The third kappa shape index (κ3) is 3.91. The van der Waals surface area contributed by atoms with Crippen LogP contribution in [0.4, 0.5) is 11.4 Å². The van der Waals surface area contributed by atoms with E-state index < -0.39 is 6.04 Å². The monoisotopic (exact) mass is 411 g/mol. The van der Waals surface area contributed by atoms with Gasteiger partial charge in [0.1, 0.15) is 0 Å². The van der Waals surface area contributed by atoms with E-state index in [1.807, 2.05) is 24.3 Å². The average molecular weight is 412 g/mol. The lowest BCUT2D eigenvalue weighted by atomic mass is 10.1. The molecule has 0 bridgehead atoms. The zero-order valence-corrected chi connectivity index (χ0v) is 16.9. The van der Waals surface area contributed by atoms with E-state index in [9.17, 15) is 14.4 Å². The highest BCUT2D eigenvalue weighted by atomic mass is 35.5. The van der Waals surface area contributed by atoms with E-state index in [0.717, 1.165) is 18.8 Å². The number of benzene rings is 2. The van der Waals surface area contributed by atoms with Crippen LogP contribution in [0.5, 0.6) is 0 Å².